The molecule has 3 heterocycles. The van der Waals surface area contributed by atoms with Crippen LogP contribution in [0.1, 0.15) is 51.5 Å². The van der Waals surface area contributed by atoms with Gasteiger partial charge in [-0.3, -0.25) is 14.5 Å². The summed E-state index contributed by atoms with van der Waals surface area (Å²) < 4.78 is 13.6. The third kappa shape index (κ3) is 5.67. The first kappa shape index (κ1) is 23.2. The number of hydrogen-bond acceptors (Lipinski definition) is 4. The molecule has 3 fully saturated rings. The van der Waals surface area contributed by atoms with Crippen LogP contribution in [0.5, 0.6) is 0 Å². The SMILES string of the molecule is CC(C)N1CCC(CC(=O)N2CCC3(CN(Cc4cccc(F)c4)CCC(=O)N3)C2)CC1. The van der Waals surface area contributed by atoms with Gasteiger partial charge >= 0.3 is 0 Å². The number of carbonyl (C=O) groups is 2. The highest BCUT2D eigenvalue weighted by molar-refractivity contribution is 5.79. The topological polar surface area (TPSA) is 55.9 Å². The third-order valence-electron chi connectivity index (χ3n) is 7.43. The number of hydrogen-bond donors (Lipinski definition) is 1. The van der Waals surface area contributed by atoms with Gasteiger partial charge in [0, 0.05) is 51.6 Å². The summed E-state index contributed by atoms with van der Waals surface area (Å²) in [6, 6.07) is 7.22. The van der Waals surface area contributed by atoms with Gasteiger partial charge in [0.1, 0.15) is 5.82 Å². The smallest absolute Gasteiger partial charge is 0.222 e. The van der Waals surface area contributed by atoms with E-state index in [-0.39, 0.29) is 17.6 Å². The molecule has 32 heavy (non-hydrogen) atoms. The van der Waals surface area contributed by atoms with Crippen molar-refractivity contribution in [1.82, 2.24) is 20.0 Å². The van der Waals surface area contributed by atoms with Crippen LogP contribution in [0.4, 0.5) is 4.39 Å². The molecule has 3 aliphatic rings. The molecule has 176 valence electrons. The van der Waals surface area contributed by atoms with E-state index in [1.807, 2.05) is 11.0 Å². The number of piperidine rings is 1. The fourth-order valence-electron chi connectivity index (χ4n) is 5.56. The van der Waals surface area contributed by atoms with Crippen LogP contribution in [0, 0.1) is 11.7 Å². The summed E-state index contributed by atoms with van der Waals surface area (Å²) in [5.74, 6) is 0.488. The molecule has 6 nitrogen and oxygen atoms in total. The van der Waals surface area contributed by atoms with Crippen LogP contribution in [-0.2, 0) is 16.1 Å². The van der Waals surface area contributed by atoms with Crippen LogP contribution in [0.15, 0.2) is 24.3 Å². The Bertz CT molecular complexity index is 824. The fourth-order valence-corrected chi connectivity index (χ4v) is 5.56. The van der Waals surface area contributed by atoms with Crippen molar-refractivity contribution < 1.29 is 14.0 Å². The molecular weight excluding hydrogens is 407 g/mol. The highest BCUT2D eigenvalue weighted by Gasteiger charge is 2.44. The lowest BCUT2D eigenvalue weighted by Gasteiger charge is -2.35. The summed E-state index contributed by atoms with van der Waals surface area (Å²) in [5, 5.41) is 3.23. The van der Waals surface area contributed by atoms with E-state index in [2.05, 4.69) is 29.0 Å². The van der Waals surface area contributed by atoms with Crippen LogP contribution in [0.25, 0.3) is 0 Å². The van der Waals surface area contributed by atoms with Gasteiger partial charge in [-0.15, -0.1) is 0 Å². The molecule has 0 radical (unpaired) electrons. The molecule has 2 amide bonds. The average molecular weight is 445 g/mol. The molecule has 0 aromatic heterocycles. The van der Waals surface area contributed by atoms with E-state index in [4.69, 9.17) is 0 Å². The maximum Gasteiger partial charge on any atom is 0.222 e. The number of benzene rings is 1. The maximum atomic E-state index is 13.6. The average Bonchev–Trinajstić information content (AvgIpc) is 3.08. The zero-order chi connectivity index (χ0) is 22.7. The van der Waals surface area contributed by atoms with Crippen molar-refractivity contribution in [2.75, 3.05) is 39.3 Å². The molecule has 1 spiro atoms. The van der Waals surface area contributed by atoms with Crippen LogP contribution >= 0.6 is 0 Å². The van der Waals surface area contributed by atoms with E-state index >= 15 is 0 Å². The van der Waals surface area contributed by atoms with Crippen LogP contribution < -0.4 is 5.32 Å². The number of halogens is 1. The van der Waals surface area contributed by atoms with Gasteiger partial charge in [-0.2, -0.15) is 0 Å². The van der Waals surface area contributed by atoms with Crippen molar-refractivity contribution in [3.05, 3.63) is 35.6 Å². The first-order valence-corrected chi connectivity index (χ1v) is 12.1. The minimum atomic E-state index is -0.405. The summed E-state index contributed by atoms with van der Waals surface area (Å²) in [5.41, 5.74) is 0.505. The molecule has 0 aliphatic carbocycles. The highest BCUT2D eigenvalue weighted by atomic mass is 19.1. The molecule has 1 unspecified atom stereocenters. The minimum absolute atomic E-state index is 0.0436. The lowest BCUT2D eigenvalue weighted by Crippen LogP contribution is -2.55. The summed E-state index contributed by atoms with van der Waals surface area (Å²) in [7, 11) is 0. The highest BCUT2D eigenvalue weighted by Crippen LogP contribution is 2.29. The largest absolute Gasteiger partial charge is 0.347 e. The van der Waals surface area contributed by atoms with Crippen molar-refractivity contribution in [2.45, 2.75) is 64.1 Å². The molecule has 1 N–H and O–H groups in total. The Balaban J connectivity index is 1.35. The van der Waals surface area contributed by atoms with Gasteiger partial charge in [-0.1, -0.05) is 12.1 Å². The van der Waals surface area contributed by atoms with E-state index in [0.29, 0.717) is 57.5 Å². The third-order valence-corrected chi connectivity index (χ3v) is 7.43. The molecule has 3 saturated heterocycles. The Morgan fingerprint density at radius 1 is 1.19 bits per heavy atom. The van der Waals surface area contributed by atoms with Gasteiger partial charge in [0.15, 0.2) is 0 Å². The first-order chi connectivity index (χ1) is 15.3. The molecule has 3 aliphatic heterocycles. The Morgan fingerprint density at radius 3 is 2.69 bits per heavy atom. The molecule has 7 heteroatoms. The van der Waals surface area contributed by atoms with Gasteiger partial charge < -0.3 is 15.1 Å². The minimum Gasteiger partial charge on any atom is -0.347 e. The lowest BCUT2D eigenvalue weighted by molar-refractivity contribution is -0.132. The summed E-state index contributed by atoms with van der Waals surface area (Å²) in [6.07, 6.45) is 3.99. The van der Waals surface area contributed by atoms with Gasteiger partial charge in [0.2, 0.25) is 11.8 Å². The van der Waals surface area contributed by atoms with Crippen LogP contribution in [0.3, 0.4) is 0 Å². The Labute approximate surface area is 191 Å². The van der Waals surface area contributed by atoms with E-state index < -0.39 is 5.54 Å². The van der Waals surface area contributed by atoms with Crippen molar-refractivity contribution >= 4 is 11.8 Å². The maximum absolute atomic E-state index is 13.6. The van der Waals surface area contributed by atoms with E-state index in [1.165, 1.54) is 6.07 Å². The van der Waals surface area contributed by atoms with Gasteiger partial charge in [0.25, 0.3) is 0 Å². The van der Waals surface area contributed by atoms with E-state index in [9.17, 15) is 14.0 Å². The summed E-state index contributed by atoms with van der Waals surface area (Å²) in [4.78, 5) is 32.2. The second-order valence-corrected chi connectivity index (χ2v) is 10.3. The zero-order valence-electron chi connectivity index (χ0n) is 19.5. The Kier molecular flexibility index (Phi) is 7.15. The van der Waals surface area contributed by atoms with Crippen molar-refractivity contribution in [3.63, 3.8) is 0 Å². The van der Waals surface area contributed by atoms with E-state index in [1.54, 1.807) is 12.1 Å². The number of likely N-dealkylation sites (tertiary alicyclic amines) is 2. The zero-order valence-corrected chi connectivity index (χ0v) is 19.5. The quantitative estimate of drug-likeness (QED) is 0.759. The number of rotatable bonds is 5. The van der Waals surface area contributed by atoms with Gasteiger partial charge in [-0.25, -0.2) is 4.39 Å². The molecule has 1 aromatic carbocycles. The van der Waals surface area contributed by atoms with Crippen LogP contribution in [-0.4, -0.2) is 77.4 Å². The predicted octanol–water partition coefficient (Wildman–Crippen LogP) is 2.63. The molecule has 4 rings (SSSR count). The number of nitrogens with zero attached hydrogens (tertiary/aromatic N) is 3. The lowest BCUT2D eigenvalue weighted by atomic mass is 9.92. The predicted molar refractivity (Wildman–Crippen MR) is 122 cm³/mol. The summed E-state index contributed by atoms with van der Waals surface area (Å²) >= 11 is 0. The Hall–Kier alpha value is -1.99. The molecule has 0 bridgehead atoms. The Morgan fingerprint density at radius 2 is 1.97 bits per heavy atom. The molecule has 1 atom stereocenters. The molecule has 1 aromatic rings. The first-order valence-electron chi connectivity index (χ1n) is 12.1. The number of amides is 2. The number of nitrogens with one attached hydrogen (secondary N) is 1. The standard InChI is InChI=1S/C25H37FN4O2/c1-19(2)29-11-6-20(7-12-29)15-24(32)30-13-9-25(18-30)17-28(10-8-23(31)27-25)16-21-4-3-5-22(26)14-21/h3-5,14,19-20H,6-13,15-18H2,1-2H3,(H,27,31). The van der Waals surface area contributed by atoms with E-state index in [0.717, 1.165) is 37.9 Å². The monoisotopic (exact) mass is 444 g/mol. The van der Waals surface area contributed by atoms with Crippen molar-refractivity contribution in [3.8, 4) is 0 Å². The second kappa shape index (κ2) is 9.87. The van der Waals surface area contributed by atoms with Crippen LogP contribution in [0.2, 0.25) is 0 Å². The molecular formula is C25H37FN4O2. The second-order valence-electron chi connectivity index (χ2n) is 10.3. The van der Waals surface area contributed by atoms with Gasteiger partial charge in [-0.05, 0) is 69.8 Å². The fraction of sp³-hybridized carbons (Fsp3) is 0.680. The normalized spacial score (nSPS) is 26.0. The molecule has 0 saturated carbocycles. The van der Waals surface area contributed by atoms with Crippen molar-refractivity contribution in [1.29, 1.82) is 0 Å². The van der Waals surface area contributed by atoms with Crippen molar-refractivity contribution in [2.24, 2.45) is 5.92 Å². The van der Waals surface area contributed by atoms with Gasteiger partial charge in [0.05, 0.1) is 5.54 Å². The number of carbonyl (C=O) groups excluding carboxylic acids is 2. The summed E-state index contributed by atoms with van der Waals surface area (Å²) in [6.45, 7) is 9.81.